The van der Waals surface area contributed by atoms with Crippen LogP contribution in [0.1, 0.15) is 12.0 Å². The lowest BCUT2D eigenvalue weighted by molar-refractivity contribution is -0.146. The summed E-state index contributed by atoms with van der Waals surface area (Å²) in [6.45, 7) is 0. The van der Waals surface area contributed by atoms with Crippen molar-refractivity contribution in [3.8, 4) is 11.3 Å². The first-order valence-corrected chi connectivity index (χ1v) is 10.0. The van der Waals surface area contributed by atoms with Gasteiger partial charge < -0.3 is 14.6 Å². The molecule has 6 nitrogen and oxygen atoms in total. The minimum Gasteiger partial charge on any atom is -0.497 e. The molecule has 2 aromatic heterocycles. The summed E-state index contributed by atoms with van der Waals surface area (Å²) in [6, 6.07) is 2.49. The summed E-state index contributed by atoms with van der Waals surface area (Å²) in [5, 5.41) is 10.4. The Morgan fingerprint density at radius 3 is 2.66 bits per heavy atom. The van der Waals surface area contributed by atoms with E-state index in [2.05, 4.69) is 4.98 Å². The number of alkyl halides is 3. The summed E-state index contributed by atoms with van der Waals surface area (Å²) in [6.07, 6.45) is 1.28. The van der Waals surface area contributed by atoms with Crippen LogP contribution < -0.4 is 10.1 Å². The van der Waals surface area contributed by atoms with E-state index in [1.807, 2.05) is 0 Å². The van der Waals surface area contributed by atoms with Gasteiger partial charge in [-0.3, -0.25) is 9.20 Å². The summed E-state index contributed by atoms with van der Waals surface area (Å²) < 4.78 is 64.0. The number of thiazole rings is 1. The molecule has 1 atom stereocenters. The van der Waals surface area contributed by atoms with Crippen LogP contribution in [-0.2, 0) is 15.7 Å². The average molecular weight is 468 g/mol. The molecule has 1 aliphatic rings. The molecule has 1 aliphatic carbocycles. The smallest absolute Gasteiger partial charge is 0.419 e. The van der Waals surface area contributed by atoms with E-state index >= 15 is 0 Å². The van der Waals surface area contributed by atoms with Crippen LogP contribution in [-0.4, -0.2) is 34.5 Å². The van der Waals surface area contributed by atoms with Crippen molar-refractivity contribution in [2.24, 2.45) is 0 Å². The number of halogens is 4. The van der Waals surface area contributed by atoms with Crippen molar-refractivity contribution in [1.29, 1.82) is 0 Å². The zero-order chi connectivity index (χ0) is 23.3. The lowest BCUT2D eigenvalue weighted by Crippen LogP contribution is -2.32. The number of hydrogen-bond donors (Lipinski definition) is 1. The van der Waals surface area contributed by atoms with Crippen LogP contribution in [0.15, 0.2) is 52.7 Å². The largest absolute Gasteiger partial charge is 0.497 e. The lowest BCUT2D eigenvalue weighted by atomic mass is 9.98. The van der Waals surface area contributed by atoms with Gasteiger partial charge in [-0.15, -0.1) is 0 Å². The van der Waals surface area contributed by atoms with E-state index < -0.39 is 28.9 Å². The number of allylic oxidation sites excluding steroid dienone is 1. The van der Waals surface area contributed by atoms with E-state index in [9.17, 15) is 27.5 Å². The van der Waals surface area contributed by atoms with Crippen LogP contribution >= 0.6 is 11.3 Å². The Morgan fingerprint density at radius 1 is 1.31 bits per heavy atom. The van der Waals surface area contributed by atoms with Crippen LogP contribution in [0.4, 0.5) is 17.6 Å². The number of aromatic nitrogens is 2. The molecule has 0 radical (unpaired) electrons. The van der Waals surface area contributed by atoms with Crippen LogP contribution in [0.3, 0.4) is 0 Å². The van der Waals surface area contributed by atoms with E-state index in [-0.39, 0.29) is 22.6 Å². The van der Waals surface area contributed by atoms with Crippen molar-refractivity contribution in [2.45, 2.75) is 18.4 Å². The highest BCUT2D eigenvalue weighted by molar-refractivity contribution is 7.15. The summed E-state index contributed by atoms with van der Waals surface area (Å²) in [5.41, 5.74) is -0.911. The monoisotopic (exact) mass is 468 g/mol. The SMILES string of the molecule is COC1=CC(O)(OC)CC(/C=c2\sc3nc(-c4ccc(C(F)(F)F)c(F)c4)cn3c2=O)=C1. The molecule has 1 N–H and O–H groups in total. The molecule has 32 heavy (non-hydrogen) atoms. The summed E-state index contributed by atoms with van der Waals surface area (Å²) in [4.78, 5) is 17.3. The molecule has 11 heteroatoms. The number of rotatable bonds is 4. The molecule has 0 bridgehead atoms. The Bertz CT molecular complexity index is 1370. The van der Waals surface area contributed by atoms with Crippen molar-refractivity contribution < 1.29 is 32.1 Å². The normalized spacial score (nSPS) is 19.9. The zero-order valence-corrected chi connectivity index (χ0v) is 17.6. The Hall–Kier alpha value is -3.02. The lowest BCUT2D eigenvalue weighted by Gasteiger charge is -2.27. The highest BCUT2D eigenvalue weighted by Gasteiger charge is 2.34. The molecule has 0 amide bonds. The molecular formula is C21H16F4N2O4S. The number of imidazole rings is 1. The number of hydrogen-bond acceptors (Lipinski definition) is 6. The molecular weight excluding hydrogens is 452 g/mol. The standard InChI is InChI=1S/C21H16F4N2O4S/c1-30-13-5-11(8-20(29,9-13)31-2)6-17-18(28)27-10-16(26-19(27)32-17)12-3-4-14(15(22)7-12)21(23,24)25/h3-7,9-10,29H,8H2,1-2H3/b17-6-. The first-order valence-electron chi connectivity index (χ1n) is 9.19. The second-order valence-corrected chi connectivity index (χ2v) is 8.09. The molecule has 1 aromatic carbocycles. The molecule has 0 fully saturated rings. The minimum atomic E-state index is -4.80. The second-order valence-electron chi connectivity index (χ2n) is 7.08. The predicted octanol–water partition coefficient (Wildman–Crippen LogP) is 3.28. The van der Waals surface area contributed by atoms with Gasteiger partial charge in [-0.2, -0.15) is 13.2 Å². The van der Waals surface area contributed by atoms with Gasteiger partial charge in [-0.05, 0) is 29.9 Å². The molecule has 1 unspecified atom stereocenters. The topological polar surface area (TPSA) is 73.1 Å². The second kappa shape index (κ2) is 7.84. The van der Waals surface area contributed by atoms with E-state index in [4.69, 9.17) is 9.47 Å². The highest BCUT2D eigenvalue weighted by atomic mass is 32.1. The fourth-order valence-electron chi connectivity index (χ4n) is 3.33. The summed E-state index contributed by atoms with van der Waals surface area (Å²) in [5.74, 6) is -2.63. The molecule has 3 aromatic rings. The molecule has 4 rings (SSSR count). The van der Waals surface area contributed by atoms with Gasteiger partial charge in [0, 0.05) is 31.4 Å². The van der Waals surface area contributed by atoms with Crippen molar-refractivity contribution in [3.05, 3.63) is 74.1 Å². The van der Waals surface area contributed by atoms with E-state index in [1.165, 1.54) is 30.9 Å². The summed E-state index contributed by atoms with van der Waals surface area (Å²) in [7, 11) is 2.78. The van der Waals surface area contributed by atoms with Gasteiger partial charge in [0.2, 0.25) is 0 Å². The van der Waals surface area contributed by atoms with E-state index in [0.29, 0.717) is 21.9 Å². The summed E-state index contributed by atoms with van der Waals surface area (Å²) >= 11 is 1.05. The quantitative estimate of drug-likeness (QED) is 0.470. The third kappa shape index (κ3) is 4.06. The van der Waals surface area contributed by atoms with Gasteiger partial charge in [-0.25, -0.2) is 9.37 Å². The molecule has 168 valence electrons. The molecule has 0 saturated heterocycles. The van der Waals surface area contributed by atoms with Crippen LogP contribution in [0.2, 0.25) is 0 Å². The third-order valence-corrected chi connectivity index (χ3v) is 5.92. The fourth-order valence-corrected chi connectivity index (χ4v) is 4.30. The average Bonchev–Trinajstić information content (AvgIpc) is 3.26. The number of aliphatic hydroxyl groups is 1. The third-order valence-electron chi connectivity index (χ3n) is 4.93. The number of fused-ring (bicyclic) bond motifs is 1. The maximum absolute atomic E-state index is 13.9. The molecule has 0 spiro atoms. The molecule has 0 aliphatic heterocycles. The first kappa shape index (κ1) is 22.2. The van der Waals surface area contributed by atoms with Crippen molar-refractivity contribution in [1.82, 2.24) is 9.38 Å². The van der Waals surface area contributed by atoms with Crippen molar-refractivity contribution in [3.63, 3.8) is 0 Å². The van der Waals surface area contributed by atoms with Crippen LogP contribution in [0.25, 0.3) is 22.3 Å². The first-order chi connectivity index (χ1) is 15.0. The highest BCUT2D eigenvalue weighted by Crippen LogP contribution is 2.33. The predicted molar refractivity (Wildman–Crippen MR) is 109 cm³/mol. The van der Waals surface area contributed by atoms with Gasteiger partial charge >= 0.3 is 6.18 Å². The Balaban J connectivity index is 1.72. The minimum absolute atomic E-state index is 0.0894. The van der Waals surface area contributed by atoms with Crippen molar-refractivity contribution >= 4 is 22.4 Å². The zero-order valence-electron chi connectivity index (χ0n) is 16.7. The van der Waals surface area contributed by atoms with Crippen LogP contribution in [0, 0.1) is 5.82 Å². The number of methoxy groups -OCH3 is 2. The van der Waals surface area contributed by atoms with Gasteiger partial charge in [0.1, 0.15) is 11.6 Å². The van der Waals surface area contributed by atoms with E-state index in [0.717, 1.165) is 23.5 Å². The maximum Gasteiger partial charge on any atom is 0.419 e. The van der Waals surface area contributed by atoms with Crippen molar-refractivity contribution in [2.75, 3.05) is 14.2 Å². The Kier molecular flexibility index (Phi) is 5.43. The van der Waals surface area contributed by atoms with Gasteiger partial charge in [0.25, 0.3) is 5.56 Å². The van der Waals surface area contributed by atoms with Gasteiger partial charge in [0.15, 0.2) is 10.7 Å². The number of ether oxygens (including phenoxy) is 2. The van der Waals surface area contributed by atoms with E-state index in [1.54, 1.807) is 12.2 Å². The number of nitrogens with zero attached hydrogens (tertiary/aromatic N) is 2. The Labute approximate surface area is 182 Å². The van der Waals surface area contributed by atoms with Gasteiger partial charge in [0.05, 0.1) is 22.9 Å². The molecule has 0 saturated carbocycles. The molecule has 2 heterocycles. The van der Waals surface area contributed by atoms with Crippen LogP contribution in [0.5, 0.6) is 0 Å². The fraction of sp³-hybridized carbons (Fsp3) is 0.238. The Morgan fingerprint density at radius 2 is 2.06 bits per heavy atom. The maximum atomic E-state index is 13.9. The number of benzene rings is 1. The van der Waals surface area contributed by atoms with Gasteiger partial charge in [-0.1, -0.05) is 17.4 Å².